The molecule has 0 radical (unpaired) electrons. The van der Waals surface area contributed by atoms with E-state index >= 15 is 0 Å². The number of ether oxygens (including phenoxy) is 1. The van der Waals surface area contributed by atoms with Crippen molar-refractivity contribution in [2.24, 2.45) is 5.92 Å². The molecule has 0 amide bonds. The first kappa shape index (κ1) is 12.3. The second-order valence-electron chi connectivity index (χ2n) is 5.31. The number of rotatable bonds is 3. The molecule has 1 N–H and O–H groups in total. The third-order valence-electron chi connectivity index (χ3n) is 4.21. The van der Waals surface area contributed by atoms with Crippen LogP contribution >= 0.6 is 0 Å². The van der Waals surface area contributed by atoms with E-state index in [1.165, 1.54) is 38.9 Å². The lowest BCUT2D eigenvalue weighted by Crippen LogP contribution is -2.45. The average Bonchev–Trinajstić information content (AvgIpc) is 2.73. The van der Waals surface area contributed by atoms with E-state index in [9.17, 15) is 0 Å². The third-order valence-corrected chi connectivity index (χ3v) is 4.21. The summed E-state index contributed by atoms with van der Waals surface area (Å²) in [6.45, 7) is 10.2. The van der Waals surface area contributed by atoms with E-state index in [2.05, 4.69) is 24.1 Å². The third kappa shape index (κ3) is 2.96. The van der Waals surface area contributed by atoms with Crippen LogP contribution in [0.4, 0.5) is 0 Å². The highest BCUT2D eigenvalue weighted by atomic mass is 16.5. The van der Waals surface area contributed by atoms with Crippen molar-refractivity contribution in [1.82, 2.24) is 10.2 Å². The maximum atomic E-state index is 5.51. The molecule has 94 valence electrons. The number of hydrogen-bond acceptors (Lipinski definition) is 3. The summed E-state index contributed by atoms with van der Waals surface area (Å²) < 4.78 is 5.51. The van der Waals surface area contributed by atoms with Crippen molar-refractivity contribution in [3.63, 3.8) is 0 Å². The lowest BCUT2D eigenvalue weighted by Gasteiger charge is -2.31. The summed E-state index contributed by atoms with van der Waals surface area (Å²) in [6.07, 6.45) is 3.78. The predicted octanol–water partition coefficient (Wildman–Crippen LogP) is 1.49. The molecule has 0 aromatic rings. The molecule has 2 fully saturated rings. The first-order chi connectivity index (χ1) is 7.81. The standard InChI is InChI=1S/C13H26N2O/c1-3-11(2)13-9-15(7-4-6-14-13)12-5-8-16-10-12/h11-14H,3-10H2,1-2H3. The Labute approximate surface area is 99.5 Å². The van der Waals surface area contributed by atoms with Crippen LogP contribution in [0.1, 0.15) is 33.1 Å². The second-order valence-corrected chi connectivity index (χ2v) is 5.31. The van der Waals surface area contributed by atoms with Crippen molar-refractivity contribution in [2.45, 2.75) is 45.2 Å². The number of nitrogens with zero attached hydrogens (tertiary/aromatic N) is 1. The smallest absolute Gasteiger partial charge is 0.0622 e. The Morgan fingerprint density at radius 3 is 3.06 bits per heavy atom. The molecule has 0 spiro atoms. The Hall–Kier alpha value is -0.120. The Morgan fingerprint density at radius 2 is 2.38 bits per heavy atom. The van der Waals surface area contributed by atoms with Gasteiger partial charge in [-0.3, -0.25) is 4.90 Å². The average molecular weight is 226 g/mol. The molecular formula is C13H26N2O. The molecule has 2 aliphatic heterocycles. The van der Waals surface area contributed by atoms with E-state index in [-0.39, 0.29) is 0 Å². The summed E-state index contributed by atoms with van der Waals surface area (Å²) in [5.74, 6) is 0.780. The molecule has 2 rings (SSSR count). The predicted molar refractivity (Wildman–Crippen MR) is 66.7 cm³/mol. The highest BCUT2D eigenvalue weighted by molar-refractivity contribution is 4.85. The van der Waals surface area contributed by atoms with Gasteiger partial charge in [-0.2, -0.15) is 0 Å². The van der Waals surface area contributed by atoms with Crippen molar-refractivity contribution >= 4 is 0 Å². The first-order valence-electron chi connectivity index (χ1n) is 6.86. The van der Waals surface area contributed by atoms with Gasteiger partial charge in [0, 0.05) is 25.2 Å². The fourth-order valence-corrected chi connectivity index (χ4v) is 2.79. The number of hydrogen-bond donors (Lipinski definition) is 1. The molecule has 0 saturated carbocycles. The van der Waals surface area contributed by atoms with Crippen LogP contribution in [0.5, 0.6) is 0 Å². The van der Waals surface area contributed by atoms with E-state index in [0.717, 1.165) is 19.1 Å². The van der Waals surface area contributed by atoms with E-state index in [4.69, 9.17) is 4.74 Å². The molecule has 3 nitrogen and oxygen atoms in total. The van der Waals surface area contributed by atoms with Crippen molar-refractivity contribution in [3.05, 3.63) is 0 Å². The van der Waals surface area contributed by atoms with Crippen LogP contribution in [0.25, 0.3) is 0 Å². The molecule has 0 aromatic heterocycles. The minimum atomic E-state index is 0.674. The molecule has 0 aliphatic carbocycles. The van der Waals surface area contributed by atoms with Gasteiger partial charge < -0.3 is 10.1 Å². The van der Waals surface area contributed by atoms with E-state index in [0.29, 0.717) is 12.1 Å². The molecule has 2 aliphatic rings. The normalized spacial score (nSPS) is 34.9. The molecule has 3 unspecified atom stereocenters. The minimum absolute atomic E-state index is 0.674. The zero-order valence-electron chi connectivity index (χ0n) is 10.7. The lowest BCUT2D eigenvalue weighted by atomic mass is 9.98. The van der Waals surface area contributed by atoms with Crippen LogP contribution in [0.3, 0.4) is 0 Å². The van der Waals surface area contributed by atoms with Crippen molar-refractivity contribution < 1.29 is 4.74 Å². The highest BCUT2D eigenvalue weighted by Crippen LogP contribution is 2.18. The van der Waals surface area contributed by atoms with Crippen LogP contribution in [0, 0.1) is 5.92 Å². The van der Waals surface area contributed by atoms with Gasteiger partial charge in [0.2, 0.25) is 0 Å². The second kappa shape index (κ2) is 5.99. The lowest BCUT2D eigenvalue weighted by molar-refractivity contribution is 0.136. The van der Waals surface area contributed by atoms with Gasteiger partial charge >= 0.3 is 0 Å². The molecular weight excluding hydrogens is 200 g/mol. The van der Waals surface area contributed by atoms with Crippen LogP contribution in [-0.4, -0.2) is 49.8 Å². The van der Waals surface area contributed by atoms with E-state index < -0.39 is 0 Å². The molecule has 16 heavy (non-hydrogen) atoms. The van der Waals surface area contributed by atoms with Crippen molar-refractivity contribution in [2.75, 3.05) is 32.8 Å². The zero-order chi connectivity index (χ0) is 11.4. The Kier molecular flexibility index (Phi) is 4.62. The first-order valence-corrected chi connectivity index (χ1v) is 6.86. The summed E-state index contributed by atoms with van der Waals surface area (Å²) >= 11 is 0. The van der Waals surface area contributed by atoms with Crippen LogP contribution in [-0.2, 0) is 4.74 Å². The monoisotopic (exact) mass is 226 g/mol. The fourth-order valence-electron chi connectivity index (χ4n) is 2.79. The summed E-state index contributed by atoms with van der Waals surface area (Å²) in [5.41, 5.74) is 0. The van der Waals surface area contributed by atoms with Gasteiger partial charge in [0.15, 0.2) is 0 Å². The molecule has 3 atom stereocenters. The Bertz CT molecular complexity index is 204. The minimum Gasteiger partial charge on any atom is -0.380 e. The highest BCUT2D eigenvalue weighted by Gasteiger charge is 2.28. The summed E-state index contributed by atoms with van der Waals surface area (Å²) in [7, 11) is 0. The Balaban J connectivity index is 1.91. The van der Waals surface area contributed by atoms with E-state index in [1.54, 1.807) is 0 Å². The summed E-state index contributed by atoms with van der Waals surface area (Å²) in [6, 6.07) is 1.36. The van der Waals surface area contributed by atoms with Crippen molar-refractivity contribution in [3.8, 4) is 0 Å². The zero-order valence-corrected chi connectivity index (χ0v) is 10.7. The van der Waals surface area contributed by atoms with Crippen LogP contribution < -0.4 is 5.32 Å². The summed E-state index contributed by atoms with van der Waals surface area (Å²) in [4.78, 5) is 2.66. The molecule has 0 aromatic carbocycles. The molecule has 2 heterocycles. The number of nitrogens with one attached hydrogen (secondary N) is 1. The van der Waals surface area contributed by atoms with Crippen LogP contribution in [0.15, 0.2) is 0 Å². The van der Waals surface area contributed by atoms with Crippen molar-refractivity contribution in [1.29, 1.82) is 0 Å². The van der Waals surface area contributed by atoms with Gasteiger partial charge in [0.05, 0.1) is 6.61 Å². The Morgan fingerprint density at radius 1 is 1.50 bits per heavy atom. The summed E-state index contributed by atoms with van der Waals surface area (Å²) in [5, 5.41) is 3.70. The molecule has 2 saturated heterocycles. The van der Waals surface area contributed by atoms with Gasteiger partial charge in [0.25, 0.3) is 0 Å². The van der Waals surface area contributed by atoms with Gasteiger partial charge in [-0.1, -0.05) is 20.3 Å². The maximum absolute atomic E-state index is 5.51. The van der Waals surface area contributed by atoms with Gasteiger partial charge in [0.1, 0.15) is 0 Å². The van der Waals surface area contributed by atoms with Gasteiger partial charge in [-0.25, -0.2) is 0 Å². The van der Waals surface area contributed by atoms with Gasteiger partial charge in [-0.15, -0.1) is 0 Å². The van der Waals surface area contributed by atoms with Gasteiger partial charge in [-0.05, 0) is 31.8 Å². The fraction of sp³-hybridized carbons (Fsp3) is 1.00. The topological polar surface area (TPSA) is 24.5 Å². The molecule has 0 bridgehead atoms. The SMILES string of the molecule is CCC(C)C1CN(C2CCOC2)CCCN1. The maximum Gasteiger partial charge on any atom is 0.0622 e. The quantitative estimate of drug-likeness (QED) is 0.789. The largest absolute Gasteiger partial charge is 0.380 e. The molecule has 3 heteroatoms. The van der Waals surface area contributed by atoms with E-state index in [1.807, 2.05) is 0 Å². The van der Waals surface area contributed by atoms with Crippen LogP contribution in [0.2, 0.25) is 0 Å².